The van der Waals surface area contributed by atoms with E-state index in [1.807, 2.05) is 30.5 Å². The fraction of sp³-hybridized carbons (Fsp3) is 0.261. The van der Waals surface area contributed by atoms with Gasteiger partial charge < -0.3 is 9.47 Å². The number of thiophene rings is 1. The van der Waals surface area contributed by atoms with Gasteiger partial charge in [-0.25, -0.2) is 14.4 Å². The predicted molar refractivity (Wildman–Crippen MR) is 117 cm³/mol. The van der Waals surface area contributed by atoms with Crippen molar-refractivity contribution in [2.75, 3.05) is 0 Å². The van der Waals surface area contributed by atoms with E-state index in [4.69, 9.17) is 4.98 Å². The second kappa shape index (κ2) is 8.75. The molecule has 4 rings (SSSR count). The molecule has 1 aromatic carbocycles. The Bertz CT molecular complexity index is 1170. The smallest absolute Gasteiger partial charge is 0.264 e. The van der Waals surface area contributed by atoms with E-state index in [1.165, 1.54) is 23.5 Å². The van der Waals surface area contributed by atoms with Crippen LogP contribution in [0.2, 0.25) is 0 Å². The normalized spacial score (nSPS) is 11.2. The molecule has 0 N–H and O–H groups in total. The van der Waals surface area contributed by atoms with Crippen LogP contribution in [0.4, 0.5) is 4.39 Å². The largest absolute Gasteiger partial charge is 0.326 e. The summed E-state index contributed by atoms with van der Waals surface area (Å²) in [6.07, 6.45) is 2.70. The van der Waals surface area contributed by atoms with Crippen LogP contribution < -0.4 is 0 Å². The number of nitrogens with zero attached hydrogens (tertiary/aromatic N) is 4. The molecule has 0 fully saturated rings. The number of pyridine rings is 1. The molecule has 4 aromatic rings. The lowest BCUT2D eigenvalue weighted by Crippen LogP contribution is -2.31. The summed E-state index contributed by atoms with van der Waals surface area (Å²) < 4.78 is 15.4. The summed E-state index contributed by atoms with van der Waals surface area (Å²) in [6.45, 7) is 5.55. The molecule has 0 atom stereocenters. The maximum atomic E-state index is 13.4. The van der Waals surface area contributed by atoms with Gasteiger partial charge in [-0.3, -0.25) is 4.79 Å². The van der Waals surface area contributed by atoms with Crippen LogP contribution in [0.15, 0.2) is 54.0 Å². The Morgan fingerprint density at radius 3 is 2.67 bits per heavy atom. The fourth-order valence-electron chi connectivity index (χ4n) is 3.50. The highest BCUT2D eigenvalue weighted by molar-refractivity contribution is 7.12. The Hall–Kier alpha value is -3.06. The van der Waals surface area contributed by atoms with Gasteiger partial charge in [0, 0.05) is 19.3 Å². The quantitative estimate of drug-likeness (QED) is 0.412. The van der Waals surface area contributed by atoms with E-state index in [-0.39, 0.29) is 11.7 Å². The molecule has 0 bridgehead atoms. The minimum absolute atomic E-state index is 0.0464. The zero-order valence-corrected chi connectivity index (χ0v) is 17.8. The van der Waals surface area contributed by atoms with Crippen molar-refractivity contribution in [3.05, 3.63) is 81.7 Å². The summed E-state index contributed by atoms with van der Waals surface area (Å²) in [4.78, 5) is 25.1. The van der Waals surface area contributed by atoms with Crippen molar-refractivity contribution in [2.24, 2.45) is 0 Å². The maximum Gasteiger partial charge on any atom is 0.264 e. The third-order valence-electron chi connectivity index (χ3n) is 4.99. The molecule has 154 valence electrons. The number of amides is 1. The van der Waals surface area contributed by atoms with Crippen molar-refractivity contribution in [1.29, 1.82) is 0 Å². The van der Waals surface area contributed by atoms with Crippen molar-refractivity contribution in [2.45, 2.75) is 39.9 Å². The van der Waals surface area contributed by atoms with E-state index < -0.39 is 0 Å². The summed E-state index contributed by atoms with van der Waals surface area (Å²) in [5, 5.41) is 1.93. The molecule has 3 heterocycles. The van der Waals surface area contributed by atoms with Crippen LogP contribution in [-0.4, -0.2) is 25.3 Å². The number of hydrogen-bond acceptors (Lipinski definition) is 4. The van der Waals surface area contributed by atoms with Crippen LogP contribution in [0.25, 0.3) is 11.2 Å². The minimum atomic E-state index is -0.290. The monoisotopic (exact) mass is 422 g/mol. The van der Waals surface area contributed by atoms with Crippen LogP contribution in [-0.2, 0) is 19.6 Å². The zero-order valence-electron chi connectivity index (χ0n) is 17.0. The highest BCUT2D eigenvalue weighted by Gasteiger charge is 2.22. The number of carbonyl (C=O) groups excluding carboxylic acids is 1. The van der Waals surface area contributed by atoms with Crippen LogP contribution in [0.3, 0.4) is 0 Å². The first-order valence-electron chi connectivity index (χ1n) is 9.94. The SMILES string of the molecule is CCCn1c(CN(Cc2ccc(F)cc2)C(=O)c2sccc2C)nc2cccnc21. The van der Waals surface area contributed by atoms with Gasteiger partial charge in [-0.2, -0.15) is 0 Å². The second-order valence-corrected chi connectivity index (χ2v) is 8.16. The molecular formula is C23H23FN4OS. The number of hydrogen-bond donors (Lipinski definition) is 0. The first kappa shape index (κ1) is 20.2. The maximum absolute atomic E-state index is 13.4. The summed E-state index contributed by atoms with van der Waals surface area (Å²) in [7, 11) is 0. The molecule has 0 unspecified atom stereocenters. The summed E-state index contributed by atoms with van der Waals surface area (Å²) in [6, 6.07) is 12.0. The number of imidazole rings is 1. The highest BCUT2D eigenvalue weighted by Crippen LogP contribution is 2.22. The van der Waals surface area contributed by atoms with E-state index in [1.54, 1.807) is 23.2 Å². The fourth-order valence-corrected chi connectivity index (χ4v) is 4.39. The molecule has 1 amide bonds. The average Bonchev–Trinajstić information content (AvgIpc) is 3.32. The molecule has 3 aromatic heterocycles. The number of aromatic nitrogens is 3. The number of aryl methyl sites for hydroxylation is 2. The Balaban J connectivity index is 1.71. The Morgan fingerprint density at radius 2 is 1.97 bits per heavy atom. The second-order valence-electron chi connectivity index (χ2n) is 7.25. The minimum Gasteiger partial charge on any atom is -0.326 e. The number of benzene rings is 1. The first-order valence-corrected chi connectivity index (χ1v) is 10.8. The standard InChI is InChI=1S/C23H23FN4OS/c1-3-12-28-20(26-19-5-4-11-25-22(19)28)15-27(14-17-6-8-18(24)9-7-17)23(29)21-16(2)10-13-30-21/h4-11,13H,3,12,14-15H2,1-2H3. The Morgan fingerprint density at radius 1 is 1.17 bits per heavy atom. The number of fused-ring (bicyclic) bond motifs is 1. The van der Waals surface area contributed by atoms with Gasteiger partial charge in [0.05, 0.1) is 11.4 Å². The summed E-state index contributed by atoms with van der Waals surface area (Å²) in [5.74, 6) is 0.464. The molecular weight excluding hydrogens is 399 g/mol. The van der Waals surface area contributed by atoms with E-state index in [9.17, 15) is 9.18 Å². The van der Waals surface area contributed by atoms with E-state index in [0.29, 0.717) is 18.0 Å². The van der Waals surface area contributed by atoms with Crippen molar-refractivity contribution >= 4 is 28.4 Å². The number of halogens is 1. The Labute approximate surface area is 178 Å². The van der Waals surface area contributed by atoms with Crippen molar-refractivity contribution in [3.8, 4) is 0 Å². The lowest BCUT2D eigenvalue weighted by atomic mass is 10.2. The third-order valence-corrected chi connectivity index (χ3v) is 6.00. The molecule has 0 aliphatic heterocycles. The number of rotatable bonds is 7. The molecule has 0 saturated heterocycles. The van der Waals surface area contributed by atoms with Gasteiger partial charge in [-0.05, 0) is 60.2 Å². The van der Waals surface area contributed by atoms with E-state index in [2.05, 4.69) is 16.5 Å². The van der Waals surface area contributed by atoms with Gasteiger partial charge in [0.1, 0.15) is 17.2 Å². The van der Waals surface area contributed by atoms with Crippen LogP contribution in [0, 0.1) is 12.7 Å². The molecule has 0 radical (unpaired) electrons. The molecule has 30 heavy (non-hydrogen) atoms. The van der Waals surface area contributed by atoms with Gasteiger partial charge in [0.25, 0.3) is 5.91 Å². The van der Waals surface area contributed by atoms with E-state index >= 15 is 0 Å². The molecule has 0 aliphatic carbocycles. The molecule has 5 nitrogen and oxygen atoms in total. The topological polar surface area (TPSA) is 51.0 Å². The van der Waals surface area contributed by atoms with Gasteiger partial charge >= 0.3 is 0 Å². The van der Waals surface area contributed by atoms with Crippen molar-refractivity contribution < 1.29 is 9.18 Å². The summed E-state index contributed by atoms with van der Waals surface area (Å²) in [5.41, 5.74) is 3.48. The molecule has 0 aliphatic rings. The third kappa shape index (κ3) is 4.11. The van der Waals surface area contributed by atoms with Gasteiger partial charge in [-0.15, -0.1) is 11.3 Å². The molecule has 7 heteroatoms. The van der Waals surface area contributed by atoms with Crippen molar-refractivity contribution in [1.82, 2.24) is 19.4 Å². The van der Waals surface area contributed by atoms with Gasteiger partial charge in [-0.1, -0.05) is 19.1 Å². The van der Waals surface area contributed by atoms with Gasteiger partial charge in [0.2, 0.25) is 0 Å². The number of carbonyl (C=O) groups is 1. The predicted octanol–water partition coefficient (Wildman–Crippen LogP) is 5.19. The van der Waals surface area contributed by atoms with Crippen LogP contribution in [0.5, 0.6) is 0 Å². The molecule has 0 spiro atoms. The van der Waals surface area contributed by atoms with Crippen molar-refractivity contribution in [3.63, 3.8) is 0 Å². The van der Waals surface area contributed by atoms with Gasteiger partial charge in [0.15, 0.2) is 5.65 Å². The van der Waals surface area contributed by atoms with E-state index in [0.717, 1.165) is 41.1 Å². The Kier molecular flexibility index (Phi) is 5.90. The van der Waals surface area contributed by atoms with Crippen LogP contribution in [0.1, 0.15) is 40.0 Å². The lowest BCUT2D eigenvalue weighted by Gasteiger charge is -2.23. The summed E-state index contributed by atoms with van der Waals surface area (Å²) >= 11 is 1.44. The zero-order chi connectivity index (χ0) is 21.1. The highest BCUT2D eigenvalue weighted by atomic mass is 32.1. The lowest BCUT2D eigenvalue weighted by molar-refractivity contribution is 0.0728. The average molecular weight is 423 g/mol. The van der Waals surface area contributed by atoms with Crippen LogP contribution >= 0.6 is 11.3 Å². The first-order chi connectivity index (χ1) is 14.6. The molecule has 0 saturated carbocycles.